The lowest BCUT2D eigenvalue weighted by atomic mass is 9.89. The number of ketones is 1. The molecule has 3 heterocycles. The highest BCUT2D eigenvalue weighted by Crippen LogP contribution is 2.27. The van der Waals surface area contributed by atoms with E-state index in [2.05, 4.69) is 15.6 Å². The predicted octanol–water partition coefficient (Wildman–Crippen LogP) is 2.35. The van der Waals surface area contributed by atoms with Crippen LogP contribution in [0.3, 0.4) is 0 Å². The van der Waals surface area contributed by atoms with Crippen molar-refractivity contribution < 1.29 is 41.6 Å². The summed E-state index contributed by atoms with van der Waals surface area (Å²) in [6.45, 7) is 5.34. The number of piperidine rings is 1. The zero-order valence-corrected chi connectivity index (χ0v) is 23.5. The standard InChI is InChI=1S/C28H34F3N5O6/c1-14(2)21(35-27(41)28(29,30)31)26(40)36-11-9-15(3)12-19(36)24(39)33-18(13-16-8-10-32-23(16)38)22(37)25-34-17-6-4-5-7-20(17)42-25/h4-7,14-16,18-19,21H,8-13H2,1-3H3,(H,32,38)(H,33,39)(H,35,41)/t15?,16-,18-,19?,21-/m0/s1. The van der Waals surface area contributed by atoms with E-state index in [4.69, 9.17) is 4.42 Å². The Morgan fingerprint density at radius 1 is 1.14 bits per heavy atom. The molecule has 0 bridgehead atoms. The molecular weight excluding hydrogens is 559 g/mol. The number of hydrogen-bond donors (Lipinski definition) is 3. The second-order valence-electron chi connectivity index (χ2n) is 11.3. The Bertz CT molecular complexity index is 1330. The van der Waals surface area contributed by atoms with Crippen LogP contribution in [0.15, 0.2) is 28.7 Å². The van der Waals surface area contributed by atoms with Gasteiger partial charge >= 0.3 is 12.1 Å². The topological polar surface area (TPSA) is 151 Å². The molecule has 2 aliphatic heterocycles. The molecule has 1 aromatic carbocycles. The number of amides is 4. The molecule has 2 aromatic rings. The molecular formula is C28H34F3N5O6. The number of rotatable bonds is 9. The summed E-state index contributed by atoms with van der Waals surface area (Å²) in [4.78, 5) is 70.2. The molecule has 42 heavy (non-hydrogen) atoms. The van der Waals surface area contributed by atoms with E-state index in [-0.39, 0.29) is 37.1 Å². The number of likely N-dealkylation sites (tertiary alicyclic amines) is 1. The van der Waals surface area contributed by atoms with Gasteiger partial charge in [-0.15, -0.1) is 0 Å². The van der Waals surface area contributed by atoms with Gasteiger partial charge in [0.1, 0.15) is 17.6 Å². The summed E-state index contributed by atoms with van der Waals surface area (Å²) in [5, 5.41) is 7.15. The molecule has 4 rings (SSSR count). The molecule has 11 nitrogen and oxygen atoms in total. The van der Waals surface area contributed by atoms with E-state index in [1.54, 1.807) is 29.6 Å². The Labute approximate surface area is 239 Å². The molecule has 2 unspecified atom stereocenters. The number of hydrogen-bond acceptors (Lipinski definition) is 7. The third-order valence-electron chi connectivity index (χ3n) is 7.75. The first-order chi connectivity index (χ1) is 19.8. The number of carbonyl (C=O) groups is 5. The van der Waals surface area contributed by atoms with Gasteiger partial charge in [-0.3, -0.25) is 24.0 Å². The summed E-state index contributed by atoms with van der Waals surface area (Å²) in [6, 6.07) is 2.85. The molecule has 2 saturated heterocycles. The fraction of sp³-hybridized carbons (Fsp3) is 0.571. The zero-order chi connectivity index (χ0) is 30.8. The van der Waals surface area contributed by atoms with Crippen molar-refractivity contribution in [1.82, 2.24) is 25.8 Å². The molecule has 14 heteroatoms. The number of Topliss-reactive ketones (excluding diaryl/α,β-unsaturated/α-hetero) is 1. The summed E-state index contributed by atoms with van der Waals surface area (Å²) in [5.74, 6) is -6.23. The van der Waals surface area contributed by atoms with Gasteiger partial charge in [0.05, 0.1) is 6.04 Å². The molecule has 5 atom stereocenters. The molecule has 4 amide bonds. The third-order valence-corrected chi connectivity index (χ3v) is 7.75. The van der Waals surface area contributed by atoms with E-state index in [9.17, 15) is 37.1 Å². The minimum atomic E-state index is -5.19. The van der Waals surface area contributed by atoms with Crippen molar-refractivity contribution in [3.05, 3.63) is 30.2 Å². The predicted molar refractivity (Wildman–Crippen MR) is 143 cm³/mol. The van der Waals surface area contributed by atoms with Crippen LogP contribution in [0.1, 0.15) is 57.1 Å². The number of halogens is 3. The van der Waals surface area contributed by atoms with Crippen LogP contribution in [0, 0.1) is 17.8 Å². The number of aromatic nitrogens is 1. The minimum Gasteiger partial charge on any atom is -0.434 e. The summed E-state index contributed by atoms with van der Waals surface area (Å²) in [6.07, 6.45) is -4.11. The van der Waals surface area contributed by atoms with E-state index in [0.717, 1.165) is 0 Å². The van der Waals surface area contributed by atoms with Crippen LogP contribution in [0.25, 0.3) is 11.1 Å². The second kappa shape index (κ2) is 12.5. The van der Waals surface area contributed by atoms with Gasteiger partial charge in [0.25, 0.3) is 5.89 Å². The fourth-order valence-corrected chi connectivity index (χ4v) is 5.35. The van der Waals surface area contributed by atoms with E-state index in [1.807, 2.05) is 6.92 Å². The number of nitrogens with one attached hydrogen (secondary N) is 3. The summed E-state index contributed by atoms with van der Waals surface area (Å²) < 4.78 is 44.6. The zero-order valence-electron chi connectivity index (χ0n) is 23.5. The highest BCUT2D eigenvalue weighted by atomic mass is 19.4. The van der Waals surface area contributed by atoms with E-state index in [1.165, 1.54) is 18.7 Å². The molecule has 0 aliphatic carbocycles. The number of para-hydroxylation sites is 2. The molecule has 0 saturated carbocycles. The second-order valence-corrected chi connectivity index (χ2v) is 11.3. The van der Waals surface area contributed by atoms with Gasteiger partial charge in [-0.2, -0.15) is 13.2 Å². The third kappa shape index (κ3) is 6.90. The first-order valence-electron chi connectivity index (χ1n) is 13.9. The molecule has 2 aliphatic rings. The maximum atomic E-state index is 13.7. The van der Waals surface area contributed by atoms with E-state index < -0.39 is 59.6 Å². The summed E-state index contributed by atoms with van der Waals surface area (Å²) >= 11 is 0. The van der Waals surface area contributed by atoms with Gasteiger partial charge in [0.2, 0.25) is 23.5 Å². The first-order valence-corrected chi connectivity index (χ1v) is 13.9. The number of carbonyl (C=O) groups excluding carboxylic acids is 5. The van der Waals surface area contributed by atoms with Crippen molar-refractivity contribution in [2.75, 3.05) is 13.1 Å². The number of fused-ring (bicyclic) bond motifs is 1. The molecule has 1 aromatic heterocycles. The lowest BCUT2D eigenvalue weighted by Gasteiger charge is -2.40. The van der Waals surface area contributed by atoms with Gasteiger partial charge in [-0.1, -0.05) is 32.9 Å². The SMILES string of the molecule is CC1CCN(C(=O)[C@@H](NC(=O)C(F)(F)F)C(C)C)C(C(=O)N[C@@H](C[C@@H]2CCNC2=O)C(=O)c2nc3ccccc3o2)C1. The average Bonchev–Trinajstić information content (AvgIpc) is 3.55. The Morgan fingerprint density at radius 2 is 1.86 bits per heavy atom. The molecule has 2 fully saturated rings. The van der Waals surface area contributed by atoms with Gasteiger partial charge in [-0.05, 0) is 49.7 Å². The van der Waals surface area contributed by atoms with Gasteiger partial charge in [0.15, 0.2) is 5.58 Å². The van der Waals surface area contributed by atoms with Crippen molar-refractivity contribution in [2.24, 2.45) is 17.8 Å². The van der Waals surface area contributed by atoms with Crippen molar-refractivity contribution in [3.63, 3.8) is 0 Å². The van der Waals surface area contributed by atoms with Gasteiger partial charge in [-0.25, -0.2) is 4.98 Å². The number of oxazole rings is 1. The smallest absolute Gasteiger partial charge is 0.434 e. The van der Waals surface area contributed by atoms with Crippen LogP contribution in [0.4, 0.5) is 13.2 Å². The van der Waals surface area contributed by atoms with Crippen LogP contribution < -0.4 is 16.0 Å². The minimum absolute atomic E-state index is 0.0149. The van der Waals surface area contributed by atoms with Gasteiger partial charge in [0, 0.05) is 19.0 Å². The number of nitrogens with zero attached hydrogens (tertiary/aromatic N) is 2. The van der Waals surface area contributed by atoms with Crippen molar-refractivity contribution >= 4 is 40.5 Å². The maximum Gasteiger partial charge on any atom is 0.471 e. The van der Waals surface area contributed by atoms with Crippen molar-refractivity contribution in [1.29, 1.82) is 0 Å². The van der Waals surface area contributed by atoms with E-state index in [0.29, 0.717) is 30.5 Å². The molecule has 0 radical (unpaired) electrons. The monoisotopic (exact) mass is 593 g/mol. The summed E-state index contributed by atoms with van der Waals surface area (Å²) in [5.41, 5.74) is 0.797. The fourth-order valence-electron chi connectivity index (χ4n) is 5.35. The van der Waals surface area contributed by atoms with Crippen LogP contribution in [-0.2, 0) is 19.2 Å². The number of benzene rings is 1. The molecule has 3 N–H and O–H groups in total. The number of alkyl halides is 3. The first kappa shape index (κ1) is 31.0. The molecule has 228 valence electrons. The van der Waals surface area contributed by atoms with Crippen LogP contribution in [0.2, 0.25) is 0 Å². The average molecular weight is 594 g/mol. The van der Waals surface area contributed by atoms with Crippen molar-refractivity contribution in [3.8, 4) is 0 Å². The maximum absolute atomic E-state index is 13.7. The lowest BCUT2D eigenvalue weighted by Crippen LogP contribution is -2.61. The van der Waals surface area contributed by atoms with Crippen LogP contribution >= 0.6 is 0 Å². The Kier molecular flexibility index (Phi) is 9.21. The van der Waals surface area contributed by atoms with Crippen LogP contribution in [-0.4, -0.2) is 76.7 Å². The quantitative estimate of drug-likeness (QED) is 0.378. The lowest BCUT2D eigenvalue weighted by molar-refractivity contribution is -0.175. The Balaban J connectivity index is 1.59. The normalized spacial score (nSPS) is 22.5. The Morgan fingerprint density at radius 3 is 2.48 bits per heavy atom. The highest BCUT2D eigenvalue weighted by molar-refractivity contribution is 6.01. The van der Waals surface area contributed by atoms with Crippen LogP contribution in [0.5, 0.6) is 0 Å². The van der Waals surface area contributed by atoms with Crippen molar-refractivity contribution in [2.45, 2.75) is 70.8 Å². The summed E-state index contributed by atoms with van der Waals surface area (Å²) in [7, 11) is 0. The van der Waals surface area contributed by atoms with E-state index >= 15 is 0 Å². The molecule has 0 spiro atoms. The highest BCUT2D eigenvalue weighted by Gasteiger charge is 2.45. The van der Waals surface area contributed by atoms with Gasteiger partial charge < -0.3 is 25.3 Å². The largest absolute Gasteiger partial charge is 0.471 e. The Hall–Kier alpha value is -3.97.